The van der Waals surface area contributed by atoms with Crippen LogP contribution in [0.5, 0.6) is 5.75 Å². The lowest BCUT2D eigenvalue weighted by Gasteiger charge is -2.14. The third-order valence-electron chi connectivity index (χ3n) is 3.85. The number of rotatable bonds is 6. The molecular formula is C19H24N2O2. The van der Waals surface area contributed by atoms with Crippen LogP contribution in [0.1, 0.15) is 43.5 Å². The Kier molecular flexibility index (Phi) is 5.74. The topological polar surface area (TPSA) is 54.6 Å². The van der Waals surface area contributed by atoms with Gasteiger partial charge in [0, 0.05) is 18.3 Å². The minimum absolute atomic E-state index is 0.0218. The third-order valence-corrected chi connectivity index (χ3v) is 3.85. The van der Waals surface area contributed by atoms with Crippen LogP contribution in [-0.2, 0) is 13.1 Å². The zero-order chi connectivity index (χ0) is 16.8. The van der Waals surface area contributed by atoms with Crippen molar-refractivity contribution in [2.24, 2.45) is 4.99 Å². The molecule has 0 radical (unpaired) electrons. The Balaban J connectivity index is 2.45. The van der Waals surface area contributed by atoms with Crippen molar-refractivity contribution < 1.29 is 5.11 Å². The Bertz CT molecular complexity index is 746. The maximum Gasteiger partial charge on any atom is 0.263 e. The summed E-state index contributed by atoms with van der Waals surface area (Å²) in [7, 11) is 0. The van der Waals surface area contributed by atoms with Gasteiger partial charge >= 0.3 is 0 Å². The monoisotopic (exact) mass is 312 g/mol. The van der Waals surface area contributed by atoms with E-state index in [9.17, 15) is 9.90 Å². The van der Waals surface area contributed by atoms with Crippen molar-refractivity contribution >= 4 is 5.71 Å². The smallest absolute Gasteiger partial charge is 0.263 e. The molecule has 122 valence electrons. The van der Waals surface area contributed by atoms with Crippen LogP contribution in [-0.4, -0.2) is 15.4 Å². The zero-order valence-electron chi connectivity index (χ0n) is 14.0. The van der Waals surface area contributed by atoms with Gasteiger partial charge in [-0.1, -0.05) is 44.2 Å². The largest absolute Gasteiger partial charge is 0.507 e. The second-order valence-corrected chi connectivity index (χ2v) is 5.60. The van der Waals surface area contributed by atoms with Gasteiger partial charge in [-0.05, 0) is 25.3 Å². The van der Waals surface area contributed by atoms with E-state index >= 15 is 0 Å². The average Bonchev–Trinajstić information content (AvgIpc) is 2.55. The molecule has 0 fully saturated rings. The Morgan fingerprint density at radius 1 is 1.22 bits per heavy atom. The molecule has 1 aromatic heterocycles. The molecule has 0 bridgehead atoms. The second-order valence-electron chi connectivity index (χ2n) is 5.60. The summed E-state index contributed by atoms with van der Waals surface area (Å²) in [6, 6.07) is 11.5. The molecule has 0 atom stereocenters. The molecular weight excluding hydrogens is 288 g/mol. The first-order valence-electron chi connectivity index (χ1n) is 8.09. The van der Waals surface area contributed by atoms with E-state index in [0.29, 0.717) is 30.8 Å². The molecule has 4 heteroatoms. The molecule has 4 nitrogen and oxygen atoms in total. The standard InChI is InChI=1S/C19H24N2O2/c1-4-11-21-14(3)12-17(22)18(19(21)23)16(5-2)20-13-15-9-7-6-8-10-15/h6-10,12,22H,4-5,11,13H2,1-3H3. The van der Waals surface area contributed by atoms with E-state index in [4.69, 9.17) is 0 Å². The van der Waals surface area contributed by atoms with Gasteiger partial charge in [0.1, 0.15) is 11.3 Å². The average molecular weight is 312 g/mol. The summed E-state index contributed by atoms with van der Waals surface area (Å²) in [6.07, 6.45) is 1.47. The van der Waals surface area contributed by atoms with Crippen molar-refractivity contribution in [3.63, 3.8) is 0 Å². The molecule has 0 aliphatic rings. The number of benzene rings is 1. The first-order valence-corrected chi connectivity index (χ1v) is 8.09. The lowest BCUT2D eigenvalue weighted by molar-refractivity contribution is 0.467. The molecule has 2 rings (SSSR count). The van der Waals surface area contributed by atoms with Crippen molar-refractivity contribution in [1.82, 2.24) is 4.57 Å². The fourth-order valence-corrected chi connectivity index (χ4v) is 2.66. The SMILES string of the molecule is CCCn1c(C)cc(O)c(C(CC)=NCc2ccccc2)c1=O. The van der Waals surface area contributed by atoms with Gasteiger partial charge in [0.25, 0.3) is 5.56 Å². The summed E-state index contributed by atoms with van der Waals surface area (Å²) < 4.78 is 1.71. The lowest BCUT2D eigenvalue weighted by atomic mass is 10.1. The maximum atomic E-state index is 12.7. The first kappa shape index (κ1) is 17.0. The van der Waals surface area contributed by atoms with E-state index in [1.54, 1.807) is 10.6 Å². The molecule has 1 aromatic carbocycles. The Morgan fingerprint density at radius 2 is 1.91 bits per heavy atom. The highest BCUT2D eigenvalue weighted by Gasteiger charge is 2.16. The van der Waals surface area contributed by atoms with Gasteiger partial charge in [-0.25, -0.2) is 0 Å². The molecule has 23 heavy (non-hydrogen) atoms. The highest BCUT2D eigenvalue weighted by Crippen LogP contribution is 2.18. The number of hydrogen-bond donors (Lipinski definition) is 1. The van der Waals surface area contributed by atoms with Crippen molar-refractivity contribution in [1.29, 1.82) is 0 Å². The molecule has 0 aliphatic carbocycles. The number of nitrogens with zero attached hydrogens (tertiary/aromatic N) is 2. The van der Waals surface area contributed by atoms with Crippen LogP contribution >= 0.6 is 0 Å². The minimum atomic E-state index is -0.155. The van der Waals surface area contributed by atoms with Gasteiger partial charge < -0.3 is 9.67 Å². The normalized spacial score (nSPS) is 11.7. The predicted octanol–water partition coefficient (Wildman–Crippen LogP) is 3.67. The van der Waals surface area contributed by atoms with E-state index < -0.39 is 0 Å². The quantitative estimate of drug-likeness (QED) is 0.827. The van der Waals surface area contributed by atoms with Gasteiger partial charge in [-0.2, -0.15) is 0 Å². The summed E-state index contributed by atoms with van der Waals surface area (Å²) in [6.45, 7) is 6.97. The maximum absolute atomic E-state index is 12.7. The second kappa shape index (κ2) is 7.77. The number of hydrogen-bond acceptors (Lipinski definition) is 3. The van der Waals surface area contributed by atoms with E-state index in [1.165, 1.54) is 0 Å². The van der Waals surface area contributed by atoms with Crippen LogP contribution in [0.15, 0.2) is 46.2 Å². The van der Waals surface area contributed by atoms with Crippen LogP contribution < -0.4 is 5.56 Å². The van der Waals surface area contributed by atoms with Crippen molar-refractivity contribution in [3.05, 3.63) is 63.6 Å². The summed E-state index contributed by atoms with van der Waals surface area (Å²) in [5, 5.41) is 10.3. The summed E-state index contributed by atoms with van der Waals surface area (Å²) in [4.78, 5) is 17.3. The Morgan fingerprint density at radius 3 is 2.52 bits per heavy atom. The van der Waals surface area contributed by atoms with Gasteiger partial charge in [0.05, 0.1) is 12.3 Å². The zero-order valence-corrected chi connectivity index (χ0v) is 14.0. The lowest BCUT2D eigenvalue weighted by Crippen LogP contribution is -2.28. The number of pyridine rings is 1. The van der Waals surface area contributed by atoms with Crippen LogP contribution in [0, 0.1) is 6.92 Å². The van der Waals surface area contributed by atoms with Crippen LogP contribution in [0.2, 0.25) is 0 Å². The van der Waals surface area contributed by atoms with E-state index in [1.807, 2.05) is 51.1 Å². The molecule has 0 spiro atoms. The predicted molar refractivity (Wildman–Crippen MR) is 94.4 cm³/mol. The summed E-state index contributed by atoms with van der Waals surface area (Å²) in [5.41, 5.74) is 2.69. The molecule has 0 saturated heterocycles. The summed E-state index contributed by atoms with van der Waals surface area (Å²) in [5.74, 6) is 0.0218. The van der Waals surface area contributed by atoms with E-state index in [0.717, 1.165) is 17.7 Å². The van der Waals surface area contributed by atoms with E-state index in [-0.39, 0.29) is 11.3 Å². The highest BCUT2D eigenvalue weighted by molar-refractivity contribution is 6.02. The van der Waals surface area contributed by atoms with Crippen LogP contribution in [0.3, 0.4) is 0 Å². The third kappa shape index (κ3) is 3.89. The minimum Gasteiger partial charge on any atom is -0.507 e. The van der Waals surface area contributed by atoms with Gasteiger partial charge in [-0.15, -0.1) is 0 Å². The van der Waals surface area contributed by atoms with Gasteiger partial charge in [0.2, 0.25) is 0 Å². The first-order chi connectivity index (χ1) is 11.1. The van der Waals surface area contributed by atoms with Crippen LogP contribution in [0.4, 0.5) is 0 Å². The van der Waals surface area contributed by atoms with Crippen molar-refractivity contribution in [2.75, 3.05) is 0 Å². The molecule has 0 aliphatic heterocycles. The van der Waals surface area contributed by atoms with Crippen molar-refractivity contribution in [2.45, 2.75) is 46.7 Å². The number of aryl methyl sites for hydroxylation is 1. The molecule has 0 amide bonds. The van der Waals surface area contributed by atoms with Gasteiger partial charge in [-0.3, -0.25) is 9.79 Å². The molecule has 0 unspecified atom stereocenters. The fraction of sp³-hybridized carbons (Fsp3) is 0.368. The fourth-order valence-electron chi connectivity index (χ4n) is 2.66. The molecule has 2 aromatic rings. The van der Waals surface area contributed by atoms with Crippen molar-refractivity contribution in [3.8, 4) is 5.75 Å². The number of aromatic hydroxyl groups is 1. The van der Waals surface area contributed by atoms with Gasteiger partial charge in [0.15, 0.2) is 0 Å². The summed E-state index contributed by atoms with van der Waals surface area (Å²) >= 11 is 0. The Labute approximate surface area is 137 Å². The molecule has 1 heterocycles. The highest BCUT2D eigenvalue weighted by atomic mass is 16.3. The molecule has 1 N–H and O–H groups in total. The number of aliphatic imine (C=N–C) groups is 1. The number of aromatic nitrogens is 1. The molecule has 0 saturated carbocycles. The van der Waals surface area contributed by atoms with E-state index in [2.05, 4.69) is 4.99 Å². The van der Waals surface area contributed by atoms with Crippen LogP contribution in [0.25, 0.3) is 0 Å². The Hall–Kier alpha value is -2.36.